The number of nitrogens with one attached hydrogen (secondary N) is 1. The summed E-state index contributed by atoms with van der Waals surface area (Å²) in [5.74, 6) is 5.69. The van der Waals surface area contributed by atoms with Crippen molar-refractivity contribution in [1.82, 2.24) is 10.4 Å². The van der Waals surface area contributed by atoms with E-state index in [1.165, 1.54) is 16.7 Å². The molecule has 2 rings (SSSR count). The van der Waals surface area contributed by atoms with E-state index in [1.807, 2.05) is 6.92 Å². The third-order valence-electron chi connectivity index (χ3n) is 2.89. The highest BCUT2D eigenvalue weighted by molar-refractivity contribution is 7.09. The number of hydrogen-bond acceptors (Lipinski definition) is 4. The van der Waals surface area contributed by atoms with Crippen LogP contribution in [-0.4, -0.2) is 4.98 Å². The number of nitrogens with zero attached hydrogens (tertiary/aromatic N) is 1. The number of benzene rings is 1. The summed E-state index contributed by atoms with van der Waals surface area (Å²) < 4.78 is 0. The first-order valence-electron chi connectivity index (χ1n) is 6.04. The van der Waals surface area contributed by atoms with Crippen molar-refractivity contribution in [2.45, 2.75) is 33.2 Å². The Morgan fingerprint density at radius 1 is 1.22 bits per heavy atom. The molecule has 1 aromatic heterocycles. The van der Waals surface area contributed by atoms with Crippen LogP contribution in [0.1, 0.15) is 33.4 Å². The van der Waals surface area contributed by atoms with Crippen molar-refractivity contribution < 1.29 is 0 Å². The van der Waals surface area contributed by atoms with Gasteiger partial charge in [0.05, 0.1) is 11.0 Å². The second-order valence-corrected chi connectivity index (χ2v) is 5.67. The summed E-state index contributed by atoms with van der Waals surface area (Å²) in [5.41, 5.74) is 7.73. The lowest BCUT2D eigenvalue weighted by Gasteiger charge is -2.16. The predicted octanol–water partition coefficient (Wildman–Crippen LogP) is 2.82. The Labute approximate surface area is 112 Å². The first-order chi connectivity index (χ1) is 8.58. The Bertz CT molecular complexity index is 513. The molecule has 0 radical (unpaired) electrons. The van der Waals surface area contributed by atoms with Crippen molar-refractivity contribution in [3.8, 4) is 0 Å². The molecule has 3 nitrogen and oxygen atoms in total. The molecular weight excluding hydrogens is 242 g/mol. The molecule has 0 amide bonds. The highest BCUT2D eigenvalue weighted by Gasteiger charge is 2.13. The van der Waals surface area contributed by atoms with Crippen LogP contribution in [0.4, 0.5) is 0 Å². The Kier molecular flexibility index (Phi) is 4.11. The molecule has 1 unspecified atom stereocenters. The third kappa shape index (κ3) is 3.16. The molecule has 0 saturated carbocycles. The lowest BCUT2D eigenvalue weighted by atomic mass is 10.00. The first-order valence-corrected chi connectivity index (χ1v) is 6.92. The van der Waals surface area contributed by atoms with E-state index in [4.69, 9.17) is 5.84 Å². The second kappa shape index (κ2) is 5.61. The normalized spacial score (nSPS) is 12.7. The van der Waals surface area contributed by atoms with Gasteiger partial charge in [-0.2, -0.15) is 0 Å². The highest BCUT2D eigenvalue weighted by atomic mass is 32.1. The number of thiazole rings is 1. The van der Waals surface area contributed by atoms with Crippen LogP contribution in [-0.2, 0) is 6.42 Å². The smallest absolute Gasteiger partial charge is 0.0947 e. The van der Waals surface area contributed by atoms with Crippen molar-refractivity contribution in [3.05, 3.63) is 51.0 Å². The number of aryl methyl sites for hydroxylation is 3. The quantitative estimate of drug-likeness (QED) is 0.657. The number of hydrogen-bond donors (Lipinski definition) is 2. The van der Waals surface area contributed by atoms with Gasteiger partial charge in [-0.15, -0.1) is 11.3 Å². The molecule has 18 heavy (non-hydrogen) atoms. The maximum atomic E-state index is 5.69. The van der Waals surface area contributed by atoms with Crippen LogP contribution < -0.4 is 11.3 Å². The lowest BCUT2D eigenvalue weighted by molar-refractivity contribution is 0.550. The SMILES string of the molecule is Cc1cc(C)cc(C(Cc2nc(C)cs2)NN)c1. The zero-order valence-electron chi connectivity index (χ0n) is 11.0. The van der Waals surface area contributed by atoms with Gasteiger partial charge in [0.15, 0.2) is 0 Å². The average Bonchev–Trinajstić information content (AvgIpc) is 2.70. The van der Waals surface area contributed by atoms with Crippen molar-refractivity contribution >= 4 is 11.3 Å². The molecule has 0 fully saturated rings. The number of aromatic nitrogens is 1. The van der Waals surface area contributed by atoms with E-state index < -0.39 is 0 Å². The summed E-state index contributed by atoms with van der Waals surface area (Å²) in [4.78, 5) is 4.49. The van der Waals surface area contributed by atoms with Crippen LogP contribution in [0.2, 0.25) is 0 Å². The number of rotatable bonds is 4. The summed E-state index contributed by atoms with van der Waals surface area (Å²) in [5, 5.41) is 3.19. The highest BCUT2D eigenvalue weighted by Crippen LogP contribution is 2.22. The van der Waals surface area contributed by atoms with E-state index in [-0.39, 0.29) is 6.04 Å². The first kappa shape index (κ1) is 13.2. The minimum atomic E-state index is 0.120. The molecule has 0 bridgehead atoms. The predicted molar refractivity (Wildman–Crippen MR) is 76.5 cm³/mol. The Morgan fingerprint density at radius 2 is 1.89 bits per heavy atom. The minimum Gasteiger partial charge on any atom is -0.271 e. The molecule has 1 aromatic carbocycles. The van der Waals surface area contributed by atoms with Gasteiger partial charge >= 0.3 is 0 Å². The molecule has 0 aliphatic rings. The monoisotopic (exact) mass is 261 g/mol. The van der Waals surface area contributed by atoms with E-state index in [0.717, 1.165) is 17.1 Å². The fourth-order valence-corrected chi connectivity index (χ4v) is 2.97. The molecular formula is C14H19N3S. The average molecular weight is 261 g/mol. The molecule has 0 spiro atoms. The van der Waals surface area contributed by atoms with Gasteiger partial charge in [0.25, 0.3) is 0 Å². The van der Waals surface area contributed by atoms with Crippen LogP contribution in [0.25, 0.3) is 0 Å². The third-order valence-corrected chi connectivity index (χ3v) is 3.88. The zero-order chi connectivity index (χ0) is 13.1. The molecule has 1 atom stereocenters. The van der Waals surface area contributed by atoms with Crippen LogP contribution in [0.3, 0.4) is 0 Å². The van der Waals surface area contributed by atoms with E-state index >= 15 is 0 Å². The summed E-state index contributed by atoms with van der Waals surface area (Å²) in [6, 6.07) is 6.65. The van der Waals surface area contributed by atoms with E-state index in [0.29, 0.717) is 0 Å². The van der Waals surface area contributed by atoms with Gasteiger partial charge in [0, 0.05) is 17.5 Å². The molecule has 0 saturated heterocycles. The Morgan fingerprint density at radius 3 is 2.39 bits per heavy atom. The van der Waals surface area contributed by atoms with Crippen LogP contribution in [0, 0.1) is 20.8 Å². The fourth-order valence-electron chi connectivity index (χ4n) is 2.16. The molecule has 0 aliphatic carbocycles. The van der Waals surface area contributed by atoms with E-state index in [2.05, 4.69) is 47.8 Å². The summed E-state index contributed by atoms with van der Waals surface area (Å²) in [7, 11) is 0. The molecule has 96 valence electrons. The van der Waals surface area contributed by atoms with Crippen molar-refractivity contribution in [3.63, 3.8) is 0 Å². The van der Waals surface area contributed by atoms with Crippen LogP contribution in [0.5, 0.6) is 0 Å². The van der Waals surface area contributed by atoms with Crippen molar-refractivity contribution in [2.24, 2.45) is 5.84 Å². The maximum absolute atomic E-state index is 5.69. The maximum Gasteiger partial charge on any atom is 0.0947 e. The fraction of sp³-hybridized carbons (Fsp3) is 0.357. The second-order valence-electron chi connectivity index (χ2n) is 4.73. The van der Waals surface area contributed by atoms with Gasteiger partial charge in [-0.3, -0.25) is 11.3 Å². The van der Waals surface area contributed by atoms with Crippen LogP contribution in [0.15, 0.2) is 23.6 Å². The topological polar surface area (TPSA) is 50.9 Å². The molecule has 4 heteroatoms. The van der Waals surface area contributed by atoms with Crippen LogP contribution >= 0.6 is 11.3 Å². The Hall–Kier alpha value is -1.23. The summed E-state index contributed by atoms with van der Waals surface area (Å²) in [6.07, 6.45) is 0.831. The van der Waals surface area contributed by atoms with Gasteiger partial charge in [-0.05, 0) is 26.3 Å². The molecule has 2 aromatic rings. The van der Waals surface area contributed by atoms with E-state index in [1.54, 1.807) is 11.3 Å². The van der Waals surface area contributed by atoms with Gasteiger partial charge in [0.2, 0.25) is 0 Å². The number of nitrogens with two attached hydrogens (primary N) is 1. The molecule has 0 aliphatic heterocycles. The van der Waals surface area contributed by atoms with E-state index in [9.17, 15) is 0 Å². The summed E-state index contributed by atoms with van der Waals surface area (Å²) in [6.45, 7) is 6.23. The summed E-state index contributed by atoms with van der Waals surface area (Å²) >= 11 is 1.69. The zero-order valence-corrected chi connectivity index (χ0v) is 11.8. The lowest BCUT2D eigenvalue weighted by Crippen LogP contribution is -2.29. The Balaban J connectivity index is 2.22. The molecule has 3 N–H and O–H groups in total. The largest absolute Gasteiger partial charge is 0.271 e. The van der Waals surface area contributed by atoms with Gasteiger partial charge in [-0.25, -0.2) is 4.98 Å². The molecule has 1 heterocycles. The van der Waals surface area contributed by atoms with Crippen molar-refractivity contribution in [2.75, 3.05) is 0 Å². The van der Waals surface area contributed by atoms with Gasteiger partial charge < -0.3 is 0 Å². The minimum absolute atomic E-state index is 0.120. The van der Waals surface area contributed by atoms with Gasteiger partial charge in [0.1, 0.15) is 0 Å². The standard InChI is InChI=1S/C14H19N3S/c1-9-4-10(2)6-12(5-9)13(17-15)7-14-16-11(3)8-18-14/h4-6,8,13,17H,7,15H2,1-3H3. The number of hydrazine groups is 1. The van der Waals surface area contributed by atoms with Crippen molar-refractivity contribution in [1.29, 1.82) is 0 Å². The van der Waals surface area contributed by atoms with Gasteiger partial charge in [-0.1, -0.05) is 29.3 Å².